The molecule has 134 valence electrons. The third kappa shape index (κ3) is 7.18. The predicted molar refractivity (Wildman–Crippen MR) is 106 cm³/mol. The Hall–Kier alpha value is -1.14. The van der Waals surface area contributed by atoms with Gasteiger partial charge in [-0.05, 0) is 17.9 Å². The number of amides is 1. The van der Waals surface area contributed by atoms with Crippen molar-refractivity contribution in [1.29, 1.82) is 0 Å². The van der Waals surface area contributed by atoms with Gasteiger partial charge in [-0.2, -0.15) is 0 Å². The van der Waals surface area contributed by atoms with E-state index in [0.717, 1.165) is 17.8 Å². The molecule has 2 aromatic rings. The van der Waals surface area contributed by atoms with Gasteiger partial charge in [0.25, 0.3) is 5.91 Å². The Morgan fingerprint density at radius 1 is 1.25 bits per heavy atom. The van der Waals surface area contributed by atoms with Gasteiger partial charge in [-0.25, -0.2) is 4.98 Å². The van der Waals surface area contributed by atoms with Gasteiger partial charge < -0.3 is 11.1 Å². The molecule has 3 N–H and O–H groups in total. The van der Waals surface area contributed by atoms with E-state index in [4.69, 9.17) is 5.73 Å². The monoisotopic (exact) mass is 389 g/mol. The number of halogens is 2. The summed E-state index contributed by atoms with van der Waals surface area (Å²) in [5, 5.41) is 5.74. The van der Waals surface area contributed by atoms with E-state index >= 15 is 0 Å². The standard InChI is InChI=1S/C17H23N3OS.2ClH/c1-12(2)8-14(10-18)19-17(21)15-11-22-16(20-15)9-13-6-4-3-5-7-13;;/h3-7,11-12,14H,8-10,18H2,1-2H3,(H,19,21);2*1H. The smallest absolute Gasteiger partial charge is 0.271 e. The van der Waals surface area contributed by atoms with Crippen LogP contribution in [0.15, 0.2) is 35.7 Å². The molecule has 7 heteroatoms. The van der Waals surface area contributed by atoms with Gasteiger partial charge in [0.05, 0.1) is 5.01 Å². The molecule has 4 nitrogen and oxygen atoms in total. The van der Waals surface area contributed by atoms with Crippen molar-refractivity contribution in [2.75, 3.05) is 6.54 Å². The molecule has 1 aromatic carbocycles. The highest BCUT2D eigenvalue weighted by Crippen LogP contribution is 2.15. The van der Waals surface area contributed by atoms with Crippen molar-refractivity contribution in [3.63, 3.8) is 0 Å². The fraction of sp³-hybridized carbons (Fsp3) is 0.412. The van der Waals surface area contributed by atoms with E-state index in [1.807, 2.05) is 23.6 Å². The Labute approximate surface area is 160 Å². The van der Waals surface area contributed by atoms with E-state index in [9.17, 15) is 4.79 Å². The van der Waals surface area contributed by atoms with Crippen LogP contribution >= 0.6 is 36.2 Å². The fourth-order valence-corrected chi connectivity index (χ4v) is 3.12. The van der Waals surface area contributed by atoms with Crippen LogP contribution in [0, 0.1) is 5.92 Å². The average Bonchev–Trinajstić information content (AvgIpc) is 2.95. The zero-order valence-corrected chi connectivity index (χ0v) is 16.3. The van der Waals surface area contributed by atoms with E-state index < -0.39 is 0 Å². The molecule has 1 atom stereocenters. The Bertz CT molecular complexity index is 605. The molecule has 1 amide bonds. The Balaban J connectivity index is 0.00000264. The summed E-state index contributed by atoms with van der Waals surface area (Å²) < 4.78 is 0. The number of thiazole rings is 1. The summed E-state index contributed by atoms with van der Waals surface area (Å²) in [6.07, 6.45) is 1.63. The van der Waals surface area contributed by atoms with Gasteiger partial charge in [0.1, 0.15) is 5.69 Å². The first kappa shape index (κ1) is 22.9. The van der Waals surface area contributed by atoms with E-state index in [1.54, 1.807) is 0 Å². The maximum Gasteiger partial charge on any atom is 0.271 e. The number of nitrogens with two attached hydrogens (primary N) is 1. The van der Waals surface area contributed by atoms with E-state index in [-0.39, 0.29) is 36.8 Å². The van der Waals surface area contributed by atoms with Gasteiger partial charge in [0, 0.05) is 24.4 Å². The molecule has 1 unspecified atom stereocenters. The lowest BCUT2D eigenvalue weighted by Crippen LogP contribution is -2.41. The topological polar surface area (TPSA) is 68.0 Å². The number of nitrogens with zero attached hydrogens (tertiary/aromatic N) is 1. The summed E-state index contributed by atoms with van der Waals surface area (Å²) in [4.78, 5) is 16.7. The molecule has 0 aliphatic carbocycles. The third-order valence-electron chi connectivity index (χ3n) is 3.36. The van der Waals surface area contributed by atoms with E-state index in [2.05, 4.69) is 36.3 Å². The van der Waals surface area contributed by atoms with Gasteiger partial charge in [-0.15, -0.1) is 36.2 Å². The minimum Gasteiger partial charge on any atom is -0.347 e. The van der Waals surface area contributed by atoms with E-state index in [1.165, 1.54) is 16.9 Å². The number of benzene rings is 1. The first-order valence-electron chi connectivity index (χ1n) is 7.57. The van der Waals surface area contributed by atoms with Crippen LogP contribution in [0.4, 0.5) is 0 Å². The third-order valence-corrected chi connectivity index (χ3v) is 4.21. The van der Waals surface area contributed by atoms with Crippen LogP contribution < -0.4 is 11.1 Å². The molecule has 0 fully saturated rings. The number of carbonyl (C=O) groups is 1. The molecule has 24 heavy (non-hydrogen) atoms. The summed E-state index contributed by atoms with van der Waals surface area (Å²) >= 11 is 1.52. The van der Waals surface area contributed by atoms with Crippen molar-refractivity contribution in [3.05, 3.63) is 52.0 Å². The number of nitrogens with one attached hydrogen (secondary N) is 1. The van der Waals surface area contributed by atoms with Crippen LogP contribution in [0.1, 0.15) is 41.3 Å². The summed E-state index contributed by atoms with van der Waals surface area (Å²) in [5.74, 6) is 0.365. The molecule has 0 aliphatic heterocycles. The van der Waals surface area contributed by atoms with Crippen molar-refractivity contribution in [2.24, 2.45) is 11.7 Å². The molecule has 0 aliphatic rings. The SMILES string of the molecule is CC(C)CC(CN)NC(=O)c1csc(Cc2ccccc2)n1.Cl.Cl. The van der Waals surface area contributed by atoms with Gasteiger partial charge >= 0.3 is 0 Å². The number of hydrogen-bond acceptors (Lipinski definition) is 4. The largest absolute Gasteiger partial charge is 0.347 e. The lowest BCUT2D eigenvalue weighted by molar-refractivity contribution is 0.0929. The lowest BCUT2D eigenvalue weighted by atomic mass is 10.0. The van der Waals surface area contributed by atoms with E-state index in [0.29, 0.717) is 18.2 Å². The number of aromatic nitrogens is 1. The van der Waals surface area contributed by atoms with Crippen LogP contribution in [0.5, 0.6) is 0 Å². The molecule has 0 saturated heterocycles. The summed E-state index contributed by atoms with van der Waals surface area (Å²) in [5.41, 5.74) is 7.40. The molecule has 2 rings (SSSR count). The van der Waals surface area contributed by atoms with Crippen molar-refractivity contribution >= 4 is 42.1 Å². The number of rotatable bonds is 7. The number of carbonyl (C=O) groups excluding carboxylic acids is 1. The average molecular weight is 390 g/mol. The summed E-state index contributed by atoms with van der Waals surface area (Å²) in [6, 6.07) is 10.1. The van der Waals surface area contributed by atoms with Crippen molar-refractivity contribution in [3.8, 4) is 0 Å². The quantitative estimate of drug-likeness (QED) is 0.758. The van der Waals surface area contributed by atoms with Gasteiger partial charge in [0.2, 0.25) is 0 Å². The molecular weight excluding hydrogens is 365 g/mol. The minimum atomic E-state index is -0.133. The highest BCUT2D eigenvalue weighted by Gasteiger charge is 2.16. The molecule has 0 spiro atoms. The first-order chi connectivity index (χ1) is 10.6. The normalized spacial score (nSPS) is 11.3. The lowest BCUT2D eigenvalue weighted by Gasteiger charge is -2.18. The van der Waals surface area contributed by atoms with Crippen molar-refractivity contribution < 1.29 is 4.79 Å². The maximum atomic E-state index is 12.2. The molecule has 1 heterocycles. The second-order valence-corrected chi connectivity index (χ2v) is 6.77. The Kier molecular flexibility index (Phi) is 10.9. The molecular formula is C17H25Cl2N3OS. The summed E-state index contributed by atoms with van der Waals surface area (Å²) in [6.45, 7) is 4.69. The zero-order chi connectivity index (χ0) is 15.9. The van der Waals surface area contributed by atoms with Crippen LogP contribution in [0.25, 0.3) is 0 Å². The van der Waals surface area contributed by atoms with Crippen LogP contribution in [0.2, 0.25) is 0 Å². The first-order valence-corrected chi connectivity index (χ1v) is 8.45. The van der Waals surface area contributed by atoms with Gasteiger partial charge in [-0.1, -0.05) is 44.2 Å². The molecule has 0 radical (unpaired) electrons. The van der Waals surface area contributed by atoms with Crippen LogP contribution in [-0.2, 0) is 6.42 Å². The maximum absolute atomic E-state index is 12.2. The Morgan fingerprint density at radius 2 is 1.92 bits per heavy atom. The van der Waals surface area contributed by atoms with Crippen molar-refractivity contribution in [2.45, 2.75) is 32.7 Å². The molecule has 0 bridgehead atoms. The summed E-state index contributed by atoms with van der Waals surface area (Å²) in [7, 11) is 0. The Morgan fingerprint density at radius 3 is 2.50 bits per heavy atom. The predicted octanol–water partition coefficient (Wildman–Crippen LogP) is 3.68. The second-order valence-electron chi connectivity index (χ2n) is 5.82. The zero-order valence-electron chi connectivity index (χ0n) is 13.9. The highest BCUT2D eigenvalue weighted by atomic mass is 35.5. The van der Waals surface area contributed by atoms with Gasteiger partial charge in [-0.3, -0.25) is 4.79 Å². The fourth-order valence-electron chi connectivity index (χ4n) is 2.31. The molecule has 1 aromatic heterocycles. The second kappa shape index (κ2) is 11.4. The van der Waals surface area contributed by atoms with Crippen LogP contribution in [0.3, 0.4) is 0 Å². The minimum absolute atomic E-state index is 0. The van der Waals surface area contributed by atoms with Crippen LogP contribution in [-0.4, -0.2) is 23.5 Å². The van der Waals surface area contributed by atoms with Gasteiger partial charge in [0.15, 0.2) is 0 Å². The number of hydrogen-bond donors (Lipinski definition) is 2. The molecule has 0 saturated carbocycles. The highest BCUT2D eigenvalue weighted by molar-refractivity contribution is 7.09. The van der Waals surface area contributed by atoms with Crippen molar-refractivity contribution in [1.82, 2.24) is 10.3 Å².